The largest absolute Gasteiger partial charge is 0.479 e. The fourth-order valence-corrected chi connectivity index (χ4v) is 0.875. The van der Waals surface area contributed by atoms with Crippen LogP contribution in [0.5, 0.6) is 0 Å². The summed E-state index contributed by atoms with van der Waals surface area (Å²) in [5.74, 6) is -1.46. The van der Waals surface area contributed by atoms with Crippen molar-refractivity contribution < 1.29 is 14.3 Å². The van der Waals surface area contributed by atoms with Crippen molar-refractivity contribution in [1.82, 2.24) is 0 Å². The first-order chi connectivity index (χ1) is 5.55. The van der Waals surface area contributed by atoms with Crippen molar-refractivity contribution in [2.45, 2.75) is 12.6 Å². The third kappa shape index (κ3) is 1.44. The zero-order valence-corrected chi connectivity index (χ0v) is 6.62. The lowest BCUT2D eigenvalue weighted by atomic mass is 9.98. The molecule has 1 atom stereocenters. The van der Waals surface area contributed by atoms with Gasteiger partial charge in [0.25, 0.3) is 0 Å². The van der Waals surface area contributed by atoms with Crippen molar-refractivity contribution in [2.75, 3.05) is 0 Å². The summed E-state index contributed by atoms with van der Waals surface area (Å²) in [4.78, 5) is 10.4. The second kappa shape index (κ2) is 2.93. The maximum absolute atomic E-state index is 13.3. The van der Waals surface area contributed by atoms with Gasteiger partial charge < -0.3 is 5.11 Å². The van der Waals surface area contributed by atoms with Crippen LogP contribution < -0.4 is 0 Å². The summed E-state index contributed by atoms with van der Waals surface area (Å²) in [6.07, 6.45) is 0. The van der Waals surface area contributed by atoms with Gasteiger partial charge in [0.05, 0.1) is 0 Å². The molecule has 0 aliphatic carbocycles. The summed E-state index contributed by atoms with van der Waals surface area (Å²) in [7, 11) is 0. The van der Waals surface area contributed by atoms with Gasteiger partial charge in [0.15, 0.2) is 0 Å². The highest BCUT2D eigenvalue weighted by Crippen LogP contribution is 2.24. The third-order valence-electron chi connectivity index (χ3n) is 1.72. The topological polar surface area (TPSA) is 37.3 Å². The third-order valence-corrected chi connectivity index (χ3v) is 1.72. The number of benzene rings is 1. The minimum absolute atomic E-state index is 0.164. The van der Waals surface area contributed by atoms with Gasteiger partial charge in [0.2, 0.25) is 5.67 Å². The number of alkyl halides is 1. The standard InChI is InChI=1S/C9H9FO2/c1-9(10,8(11)12)7-5-3-2-4-6-7/h2-6H,1H3,(H,11,12)/t9-/m0/s1. The number of hydrogen-bond donors (Lipinski definition) is 1. The van der Waals surface area contributed by atoms with Crippen LogP contribution >= 0.6 is 0 Å². The molecule has 0 aliphatic heterocycles. The molecule has 2 nitrogen and oxygen atoms in total. The summed E-state index contributed by atoms with van der Waals surface area (Å²) in [6, 6.07) is 7.83. The van der Waals surface area contributed by atoms with E-state index in [2.05, 4.69) is 0 Å². The summed E-state index contributed by atoms with van der Waals surface area (Å²) in [5.41, 5.74) is -2.13. The highest BCUT2D eigenvalue weighted by atomic mass is 19.1. The minimum Gasteiger partial charge on any atom is -0.479 e. The second-order valence-corrected chi connectivity index (χ2v) is 2.67. The summed E-state index contributed by atoms with van der Waals surface area (Å²) in [5, 5.41) is 8.52. The number of aliphatic carboxylic acids is 1. The maximum atomic E-state index is 13.3. The van der Waals surface area contributed by atoms with E-state index in [-0.39, 0.29) is 5.56 Å². The molecule has 0 unspecified atom stereocenters. The average Bonchev–Trinajstić information content (AvgIpc) is 2.06. The molecule has 12 heavy (non-hydrogen) atoms. The Morgan fingerprint density at radius 2 is 1.92 bits per heavy atom. The molecule has 0 radical (unpaired) electrons. The van der Waals surface area contributed by atoms with Crippen LogP contribution in [0.2, 0.25) is 0 Å². The lowest BCUT2D eigenvalue weighted by Crippen LogP contribution is -2.26. The normalized spacial score (nSPS) is 15.2. The number of halogens is 1. The first kappa shape index (κ1) is 8.71. The molecule has 0 aromatic heterocycles. The Morgan fingerprint density at radius 1 is 1.42 bits per heavy atom. The Morgan fingerprint density at radius 3 is 2.33 bits per heavy atom. The van der Waals surface area contributed by atoms with Crippen molar-refractivity contribution in [3.8, 4) is 0 Å². The van der Waals surface area contributed by atoms with Crippen molar-refractivity contribution in [3.05, 3.63) is 35.9 Å². The van der Waals surface area contributed by atoms with Crippen LogP contribution in [-0.2, 0) is 10.5 Å². The van der Waals surface area contributed by atoms with Crippen LogP contribution in [-0.4, -0.2) is 11.1 Å². The van der Waals surface area contributed by atoms with Gasteiger partial charge in [0, 0.05) is 5.56 Å². The number of carboxylic acids is 1. The van der Waals surface area contributed by atoms with E-state index < -0.39 is 11.6 Å². The van der Waals surface area contributed by atoms with Gasteiger partial charge in [-0.2, -0.15) is 0 Å². The van der Waals surface area contributed by atoms with Crippen LogP contribution in [0, 0.1) is 0 Å². The van der Waals surface area contributed by atoms with Crippen LogP contribution in [0.4, 0.5) is 4.39 Å². The van der Waals surface area contributed by atoms with Gasteiger partial charge in [0.1, 0.15) is 0 Å². The van der Waals surface area contributed by atoms with Gasteiger partial charge in [-0.15, -0.1) is 0 Å². The molecule has 0 aliphatic rings. The fraction of sp³-hybridized carbons (Fsp3) is 0.222. The predicted molar refractivity (Wildman–Crippen MR) is 42.5 cm³/mol. The molecule has 0 heterocycles. The molecular weight excluding hydrogens is 159 g/mol. The molecule has 3 heteroatoms. The maximum Gasteiger partial charge on any atom is 0.345 e. The minimum atomic E-state index is -2.29. The Labute approximate surface area is 69.6 Å². The van der Waals surface area contributed by atoms with Crippen molar-refractivity contribution in [3.63, 3.8) is 0 Å². The molecule has 0 saturated heterocycles. The lowest BCUT2D eigenvalue weighted by molar-refractivity contribution is -0.150. The molecule has 64 valence electrons. The van der Waals surface area contributed by atoms with E-state index >= 15 is 0 Å². The first-order valence-electron chi connectivity index (χ1n) is 3.53. The van der Waals surface area contributed by atoms with Gasteiger partial charge >= 0.3 is 5.97 Å². The average molecular weight is 168 g/mol. The molecular formula is C9H9FO2. The highest BCUT2D eigenvalue weighted by Gasteiger charge is 2.34. The number of carbonyl (C=O) groups is 1. The van der Waals surface area contributed by atoms with Gasteiger partial charge in [-0.1, -0.05) is 30.3 Å². The molecule has 0 amide bonds. The molecule has 1 rings (SSSR count). The Kier molecular flexibility index (Phi) is 2.13. The summed E-state index contributed by atoms with van der Waals surface area (Å²) in [6.45, 7) is 1.03. The quantitative estimate of drug-likeness (QED) is 0.732. The van der Waals surface area contributed by atoms with E-state index in [0.717, 1.165) is 6.92 Å². The van der Waals surface area contributed by atoms with Crippen LogP contribution in [0.3, 0.4) is 0 Å². The number of carboxylic acid groups (broad SMARTS) is 1. The van der Waals surface area contributed by atoms with E-state index in [1.54, 1.807) is 18.2 Å². The number of hydrogen-bond acceptors (Lipinski definition) is 1. The molecule has 1 aromatic rings. The van der Waals surface area contributed by atoms with E-state index in [9.17, 15) is 9.18 Å². The van der Waals surface area contributed by atoms with E-state index in [1.807, 2.05) is 0 Å². The monoisotopic (exact) mass is 168 g/mol. The van der Waals surface area contributed by atoms with Crippen LogP contribution in [0.25, 0.3) is 0 Å². The van der Waals surface area contributed by atoms with E-state index in [1.165, 1.54) is 12.1 Å². The predicted octanol–water partition coefficient (Wildman–Crippen LogP) is 1.96. The first-order valence-corrected chi connectivity index (χ1v) is 3.53. The van der Waals surface area contributed by atoms with E-state index in [0.29, 0.717) is 0 Å². The summed E-state index contributed by atoms with van der Waals surface area (Å²) >= 11 is 0. The Bertz CT molecular complexity index is 280. The highest BCUT2D eigenvalue weighted by molar-refractivity contribution is 5.78. The second-order valence-electron chi connectivity index (χ2n) is 2.67. The van der Waals surface area contributed by atoms with Gasteiger partial charge in [-0.05, 0) is 6.92 Å². The van der Waals surface area contributed by atoms with Gasteiger partial charge in [-0.3, -0.25) is 0 Å². The Balaban J connectivity index is 3.06. The van der Waals surface area contributed by atoms with E-state index in [4.69, 9.17) is 5.11 Å². The fourth-order valence-electron chi connectivity index (χ4n) is 0.875. The zero-order chi connectivity index (χ0) is 9.19. The van der Waals surface area contributed by atoms with Crippen LogP contribution in [0.15, 0.2) is 30.3 Å². The smallest absolute Gasteiger partial charge is 0.345 e. The molecule has 1 N–H and O–H groups in total. The zero-order valence-electron chi connectivity index (χ0n) is 6.62. The van der Waals surface area contributed by atoms with Crippen molar-refractivity contribution in [1.29, 1.82) is 0 Å². The van der Waals surface area contributed by atoms with Crippen LogP contribution in [0.1, 0.15) is 12.5 Å². The molecule has 0 bridgehead atoms. The van der Waals surface area contributed by atoms with Crippen molar-refractivity contribution in [2.24, 2.45) is 0 Å². The summed E-state index contributed by atoms with van der Waals surface area (Å²) < 4.78 is 13.3. The molecule has 1 aromatic carbocycles. The van der Waals surface area contributed by atoms with Crippen molar-refractivity contribution >= 4 is 5.97 Å². The molecule has 0 fully saturated rings. The molecule has 0 saturated carbocycles. The Hall–Kier alpha value is -1.38. The molecule has 0 spiro atoms. The lowest BCUT2D eigenvalue weighted by Gasteiger charge is -2.14. The van der Waals surface area contributed by atoms with Gasteiger partial charge in [-0.25, -0.2) is 9.18 Å². The SMILES string of the molecule is C[C@@](F)(C(=O)O)c1ccccc1. The number of rotatable bonds is 2.